The molecule has 6 aromatic rings. The van der Waals surface area contributed by atoms with Gasteiger partial charge in [0.15, 0.2) is 10.6 Å². The summed E-state index contributed by atoms with van der Waals surface area (Å²) in [5.41, 5.74) is 1.30. The molecule has 0 bridgehead atoms. The highest BCUT2D eigenvalue weighted by molar-refractivity contribution is 6.18. The van der Waals surface area contributed by atoms with Crippen LogP contribution in [0.3, 0.4) is 0 Å². The van der Waals surface area contributed by atoms with Crippen molar-refractivity contribution >= 4 is 42.0 Å². The molecule has 298 valence electrons. The van der Waals surface area contributed by atoms with Gasteiger partial charge in [0.05, 0.1) is 11.4 Å². The molecule has 2 aromatic heterocycles. The van der Waals surface area contributed by atoms with Gasteiger partial charge >= 0.3 is 0 Å². The van der Waals surface area contributed by atoms with E-state index in [2.05, 4.69) is 78.4 Å². The van der Waals surface area contributed by atoms with E-state index in [1.807, 2.05) is 139 Å². The maximum Gasteiger partial charge on any atom is 0.177 e. The maximum atomic E-state index is 17.4. The minimum absolute atomic E-state index is 0.216. The number of fused-ring (bicyclic) bond motifs is 2. The van der Waals surface area contributed by atoms with Crippen LogP contribution in [0, 0.1) is 34.5 Å². The first-order valence-corrected chi connectivity index (χ1v) is 21.1. The molecule has 0 aliphatic heterocycles. The van der Waals surface area contributed by atoms with Crippen LogP contribution < -0.4 is 0 Å². The largest absolute Gasteiger partial charge is 0.361 e. The van der Waals surface area contributed by atoms with Gasteiger partial charge < -0.3 is 4.74 Å². The first kappa shape index (κ1) is 43.6. The van der Waals surface area contributed by atoms with Crippen molar-refractivity contribution in [3.63, 3.8) is 0 Å². The first-order chi connectivity index (χ1) is 27.6. The lowest BCUT2D eigenvalue weighted by molar-refractivity contribution is -0.216. The Labute approximate surface area is 356 Å². The molecule has 7 heteroatoms. The molecule has 59 heavy (non-hydrogen) atoms. The number of ether oxygens (including phenoxy) is 1. The summed E-state index contributed by atoms with van der Waals surface area (Å²) in [6.45, 7) is 15.4. The van der Waals surface area contributed by atoms with Gasteiger partial charge in [-0.05, 0) is 95.8 Å². The lowest BCUT2D eigenvalue weighted by Crippen LogP contribution is -2.62. The number of nitrogens with zero attached hydrogens (tertiary/aromatic N) is 2. The molecule has 0 amide bonds. The van der Waals surface area contributed by atoms with Gasteiger partial charge in [-0.15, -0.1) is 0 Å². The molecule has 6 radical (unpaired) electrons. The van der Waals surface area contributed by atoms with Crippen LogP contribution >= 0.6 is 0 Å². The van der Waals surface area contributed by atoms with Crippen LogP contribution in [-0.2, 0) is 17.6 Å². The molecule has 3 nitrogen and oxygen atoms in total. The van der Waals surface area contributed by atoms with E-state index in [-0.39, 0.29) is 12.8 Å². The number of hydrogen-bond acceptors (Lipinski definition) is 3. The molecular formula is C52H52F2N2OSi2. The van der Waals surface area contributed by atoms with E-state index in [4.69, 9.17) is 4.74 Å². The van der Waals surface area contributed by atoms with Crippen LogP contribution in [0.4, 0.5) is 8.78 Å². The number of aromatic nitrogens is 2. The average Bonchev–Trinajstić information content (AvgIpc) is 3.16. The van der Waals surface area contributed by atoms with E-state index in [0.29, 0.717) is 24.0 Å². The summed E-state index contributed by atoms with van der Waals surface area (Å²) in [5.74, 6) is 11.8. The van der Waals surface area contributed by atoms with E-state index in [0.717, 1.165) is 44.1 Å². The second-order valence-corrected chi connectivity index (χ2v) is 19.9. The van der Waals surface area contributed by atoms with Gasteiger partial charge in [0, 0.05) is 47.1 Å². The van der Waals surface area contributed by atoms with Crippen LogP contribution in [0.25, 0.3) is 21.5 Å². The fourth-order valence-corrected chi connectivity index (χ4v) is 8.41. The summed E-state index contributed by atoms with van der Waals surface area (Å²) in [6, 6.07) is 35.9. The highest BCUT2D eigenvalue weighted by Gasteiger charge is 2.57. The van der Waals surface area contributed by atoms with Crippen molar-refractivity contribution < 1.29 is 13.5 Å². The minimum Gasteiger partial charge on any atom is -0.361 e. The standard InChI is InChI=1S/C52H52F2N2OSi2/c1-47(2,3)35-49(7,51(53,58)29-25-37-17-21-39(22-18-37)33-45-43-15-11-9-13-41(43)27-31-55-45)57-50(8,36-48(4,5)6)52(54,59)30-26-38-19-23-40(24-20-38)34-46-44-16-12-10-14-42(44)28-32-56-46/h9-24,27-28,31-32H,33-36H2,1-8H3. The molecule has 0 N–H and O–H groups in total. The van der Waals surface area contributed by atoms with Crippen LogP contribution in [0.15, 0.2) is 122 Å². The van der Waals surface area contributed by atoms with Gasteiger partial charge in [0.1, 0.15) is 31.7 Å². The summed E-state index contributed by atoms with van der Waals surface area (Å²) in [6.07, 6.45) is 5.40. The first-order valence-electron chi connectivity index (χ1n) is 20.1. The van der Waals surface area contributed by atoms with Crippen molar-refractivity contribution in [1.29, 1.82) is 0 Å². The summed E-state index contributed by atoms with van der Waals surface area (Å²) in [4.78, 5) is 9.26. The van der Waals surface area contributed by atoms with Crippen LogP contribution in [0.2, 0.25) is 0 Å². The number of hydrogen-bond donors (Lipinski definition) is 0. The molecule has 0 saturated carbocycles. The highest BCUT2D eigenvalue weighted by atomic mass is 28.2. The average molecular weight is 815 g/mol. The fourth-order valence-electron chi connectivity index (χ4n) is 8.00. The minimum atomic E-state index is -2.38. The Morgan fingerprint density at radius 3 is 1.22 bits per heavy atom. The van der Waals surface area contributed by atoms with Crippen molar-refractivity contribution in [1.82, 2.24) is 9.97 Å². The monoisotopic (exact) mass is 814 g/mol. The summed E-state index contributed by atoms with van der Waals surface area (Å²) >= 11 is 0. The van der Waals surface area contributed by atoms with Crippen LogP contribution in [0.5, 0.6) is 0 Å². The van der Waals surface area contributed by atoms with Gasteiger partial charge in [-0.25, -0.2) is 8.78 Å². The predicted molar refractivity (Wildman–Crippen MR) is 241 cm³/mol. The van der Waals surface area contributed by atoms with E-state index >= 15 is 8.78 Å². The number of alkyl halides is 2. The summed E-state index contributed by atoms with van der Waals surface area (Å²) in [5, 5.41) is -0.245. The molecule has 4 aromatic carbocycles. The molecule has 0 fully saturated rings. The summed E-state index contributed by atoms with van der Waals surface area (Å²) in [7, 11) is 6.87. The number of halogens is 2. The second kappa shape index (κ2) is 17.0. The van der Waals surface area contributed by atoms with Gasteiger partial charge in [-0.2, -0.15) is 0 Å². The quantitative estimate of drug-likeness (QED) is 0.102. The Bertz CT molecular complexity index is 2360. The molecule has 0 saturated heterocycles. The lowest BCUT2D eigenvalue weighted by Gasteiger charge is -2.51. The Hall–Kier alpha value is -4.93. The lowest BCUT2D eigenvalue weighted by atomic mass is 9.76. The molecule has 4 atom stereocenters. The Morgan fingerprint density at radius 1 is 0.508 bits per heavy atom. The molecule has 0 aliphatic carbocycles. The smallest absolute Gasteiger partial charge is 0.177 e. The third-order valence-corrected chi connectivity index (χ3v) is 11.9. The van der Waals surface area contributed by atoms with E-state index in [1.165, 1.54) is 0 Å². The number of rotatable bonds is 10. The van der Waals surface area contributed by atoms with Crippen molar-refractivity contribution in [3.05, 3.63) is 155 Å². The molecule has 0 aliphatic rings. The Morgan fingerprint density at radius 2 is 0.864 bits per heavy atom. The summed E-state index contributed by atoms with van der Waals surface area (Å²) < 4.78 is 41.6. The molecule has 0 spiro atoms. The molecule has 6 rings (SSSR count). The molecule has 4 unspecified atom stereocenters. The van der Waals surface area contributed by atoms with E-state index < -0.39 is 32.6 Å². The SMILES string of the molecule is CC(C)(C)CC(C)(OC(C)(CC(C)(C)C)C(F)([Si])C#Cc1ccc(Cc2nccc3ccccc23)cc1)C(F)([Si])C#Cc1ccc(Cc2nccc3ccccc23)cc1. The topological polar surface area (TPSA) is 35.0 Å². The zero-order chi connectivity index (χ0) is 42.7. The van der Waals surface area contributed by atoms with Gasteiger partial charge in [-0.3, -0.25) is 9.97 Å². The van der Waals surface area contributed by atoms with Gasteiger partial charge in [-0.1, -0.05) is 138 Å². The second-order valence-electron chi connectivity index (χ2n) is 18.6. The Kier molecular flexibility index (Phi) is 12.6. The van der Waals surface area contributed by atoms with Gasteiger partial charge in [0.2, 0.25) is 0 Å². The normalized spacial score (nSPS) is 16.1. The van der Waals surface area contributed by atoms with Crippen LogP contribution in [-0.4, -0.2) is 52.2 Å². The van der Waals surface area contributed by atoms with Crippen LogP contribution in [0.1, 0.15) is 102 Å². The van der Waals surface area contributed by atoms with E-state index in [9.17, 15) is 0 Å². The van der Waals surface area contributed by atoms with Crippen molar-refractivity contribution in [2.24, 2.45) is 10.8 Å². The number of benzene rings is 4. The molecule has 2 heterocycles. The zero-order valence-corrected chi connectivity index (χ0v) is 37.4. The van der Waals surface area contributed by atoms with E-state index in [1.54, 1.807) is 13.8 Å². The third kappa shape index (κ3) is 10.8. The van der Waals surface area contributed by atoms with Crippen molar-refractivity contribution in [2.45, 2.75) is 103 Å². The predicted octanol–water partition coefficient (Wildman–Crippen LogP) is 11.4. The highest BCUT2D eigenvalue weighted by Crippen LogP contribution is 2.47. The maximum absolute atomic E-state index is 17.4. The fraction of sp³-hybridized carbons (Fsp3) is 0.346. The van der Waals surface area contributed by atoms with Gasteiger partial charge in [0.25, 0.3) is 0 Å². The number of pyridine rings is 2. The zero-order valence-electron chi connectivity index (χ0n) is 35.4. The molecular weight excluding hydrogens is 763 g/mol. The van der Waals surface area contributed by atoms with Crippen molar-refractivity contribution in [3.8, 4) is 23.7 Å². The van der Waals surface area contributed by atoms with Crippen molar-refractivity contribution in [2.75, 3.05) is 0 Å². The Balaban J connectivity index is 1.25. The third-order valence-electron chi connectivity index (χ3n) is 10.6.